The van der Waals surface area contributed by atoms with Gasteiger partial charge in [0.25, 0.3) is 11.8 Å². The van der Waals surface area contributed by atoms with Crippen molar-refractivity contribution in [2.24, 2.45) is 5.73 Å². The number of nitrogens with two attached hydrogens (primary N) is 2. The molecule has 0 bridgehead atoms. The molecule has 34 heavy (non-hydrogen) atoms. The zero-order chi connectivity index (χ0) is 23.7. The van der Waals surface area contributed by atoms with Crippen LogP contribution in [0.2, 0.25) is 0 Å². The monoisotopic (exact) mass is 479 g/mol. The number of rotatable bonds is 4. The fraction of sp³-hybridized carbons (Fsp3) is 0.375. The summed E-state index contributed by atoms with van der Waals surface area (Å²) < 4.78 is 0. The lowest BCUT2D eigenvalue weighted by molar-refractivity contribution is 0.0735. The largest absolute Gasteiger partial charge is 0.397 e. The average Bonchev–Trinajstić information content (AvgIpc) is 3.04. The van der Waals surface area contributed by atoms with E-state index >= 15 is 0 Å². The van der Waals surface area contributed by atoms with Crippen molar-refractivity contribution in [2.75, 3.05) is 67.9 Å². The van der Waals surface area contributed by atoms with E-state index in [0.29, 0.717) is 10.6 Å². The smallest absolute Gasteiger partial charge is 0.260 e. The van der Waals surface area contributed by atoms with Gasteiger partial charge >= 0.3 is 0 Å². The summed E-state index contributed by atoms with van der Waals surface area (Å²) in [6.45, 7) is 6.62. The van der Waals surface area contributed by atoms with E-state index in [1.165, 1.54) is 11.3 Å². The van der Waals surface area contributed by atoms with E-state index in [0.717, 1.165) is 85.9 Å². The minimum absolute atomic E-state index is 0.0977. The molecule has 10 heteroatoms. The number of carbonyl (C=O) groups excluding carboxylic acids is 2. The molecule has 5 rings (SSSR count). The SMILES string of the molecule is NC(=O)c1sc2nccc(N3CCCN(c4ccc(C(=O)N5CCNCC5)cc4)CC3)c2c1N. The van der Waals surface area contributed by atoms with Gasteiger partial charge in [-0.05, 0) is 36.8 Å². The lowest BCUT2D eigenvalue weighted by atomic mass is 10.1. The van der Waals surface area contributed by atoms with E-state index in [1.807, 2.05) is 35.2 Å². The van der Waals surface area contributed by atoms with Gasteiger partial charge < -0.3 is 31.5 Å². The van der Waals surface area contributed by atoms with Crippen LogP contribution in [0.25, 0.3) is 10.2 Å². The van der Waals surface area contributed by atoms with Crippen molar-refractivity contribution in [1.29, 1.82) is 0 Å². The number of benzene rings is 1. The second-order valence-corrected chi connectivity index (χ2v) is 9.64. The number of hydrogen-bond acceptors (Lipinski definition) is 8. The van der Waals surface area contributed by atoms with Crippen molar-refractivity contribution < 1.29 is 9.59 Å². The Hall–Kier alpha value is -3.37. The van der Waals surface area contributed by atoms with Gasteiger partial charge in [0, 0.05) is 69.8 Å². The predicted octanol–water partition coefficient (Wildman–Crippen LogP) is 1.74. The van der Waals surface area contributed by atoms with Crippen LogP contribution >= 0.6 is 11.3 Å². The summed E-state index contributed by atoms with van der Waals surface area (Å²) in [6.07, 6.45) is 2.73. The Morgan fingerprint density at radius 3 is 2.38 bits per heavy atom. The highest BCUT2D eigenvalue weighted by Gasteiger charge is 2.23. The fourth-order valence-corrected chi connectivity index (χ4v) is 5.69. The van der Waals surface area contributed by atoms with Crippen LogP contribution in [0.5, 0.6) is 0 Å². The number of pyridine rings is 1. The average molecular weight is 480 g/mol. The first kappa shape index (κ1) is 22.4. The zero-order valence-electron chi connectivity index (χ0n) is 19.0. The van der Waals surface area contributed by atoms with Crippen molar-refractivity contribution >= 4 is 50.4 Å². The Kier molecular flexibility index (Phi) is 6.25. The minimum Gasteiger partial charge on any atom is -0.397 e. The van der Waals surface area contributed by atoms with Crippen LogP contribution in [-0.4, -0.2) is 74.1 Å². The Labute approximate surface area is 202 Å². The number of piperazine rings is 1. The number of hydrogen-bond donors (Lipinski definition) is 3. The summed E-state index contributed by atoms with van der Waals surface area (Å²) in [5.74, 6) is -0.423. The quantitative estimate of drug-likeness (QED) is 0.521. The van der Waals surface area contributed by atoms with Crippen LogP contribution in [0, 0.1) is 0 Å². The van der Waals surface area contributed by atoms with Crippen molar-refractivity contribution in [1.82, 2.24) is 15.2 Å². The highest BCUT2D eigenvalue weighted by molar-refractivity contribution is 7.21. The summed E-state index contributed by atoms with van der Waals surface area (Å²) in [5, 5.41) is 4.09. The number of carbonyl (C=O) groups is 2. The molecule has 2 aromatic heterocycles. The summed E-state index contributed by atoms with van der Waals surface area (Å²) in [6, 6.07) is 9.93. The molecule has 2 amide bonds. The van der Waals surface area contributed by atoms with Crippen LogP contribution in [0.4, 0.5) is 17.1 Å². The van der Waals surface area contributed by atoms with Gasteiger partial charge in [-0.3, -0.25) is 9.59 Å². The van der Waals surface area contributed by atoms with E-state index < -0.39 is 5.91 Å². The molecule has 0 aliphatic carbocycles. The molecular weight excluding hydrogens is 450 g/mol. The molecule has 0 unspecified atom stereocenters. The van der Waals surface area contributed by atoms with E-state index in [9.17, 15) is 9.59 Å². The molecule has 3 aromatic rings. The fourth-order valence-electron chi connectivity index (χ4n) is 4.76. The van der Waals surface area contributed by atoms with E-state index in [4.69, 9.17) is 11.5 Å². The molecular formula is C24H29N7O2S. The number of amides is 2. The molecule has 0 saturated carbocycles. The second-order valence-electron chi connectivity index (χ2n) is 8.64. The molecule has 0 radical (unpaired) electrons. The van der Waals surface area contributed by atoms with Crippen LogP contribution in [0.1, 0.15) is 26.5 Å². The van der Waals surface area contributed by atoms with Crippen LogP contribution in [0.3, 0.4) is 0 Å². The van der Waals surface area contributed by atoms with Crippen LogP contribution in [0.15, 0.2) is 36.5 Å². The normalized spacial score (nSPS) is 17.1. The first-order valence-electron chi connectivity index (χ1n) is 11.6. The Bertz CT molecular complexity index is 1200. The number of aromatic nitrogens is 1. The van der Waals surface area contributed by atoms with Gasteiger partial charge in [0.1, 0.15) is 9.71 Å². The van der Waals surface area contributed by atoms with Gasteiger partial charge in [-0.25, -0.2) is 4.98 Å². The summed E-state index contributed by atoms with van der Waals surface area (Å²) in [5.41, 5.74) is 15.1. The van der Waals surface area contributed by atoms with Gasteiger partial charge in [0.15, 0.2) is 0 Å². The number of fused-ring (bicyclic) bond motifs is 1. The van der Waals surface area contributed by atoms with Gasteiger partial charge in [0.2, 0.25) is 0 Å². The molecule has 2 saturated heterocycles. The van der Waals surface area contributed by atoms with Crippen molar-refractivity contribution in [2.45, 2.75) is 6.42 Å². The maximum Gasteiger partial charge on any atom is 0.260 e. The maximum absolute atomic E-state index is 12.8. The Balaban J connectivity index is 1.31. The number of anilines is 3. The van der Waals surface area contributed by atoms with Gasteiger partial charge in [-0.1, -0.05) is 0 Å². The molecule has 2 aliphatic rings. The Morgan fingerprint density at radius 2 is 1.65 bits per heavy atom. The summed E-state index contributed by atoms with van der Waals surface area (Å²) >= 11 is 1.24. The van der Waals surface area contributed by atoms with Crippen molar-refractivity contribution in [3.63, 3.8) is 0 Å². The molecule has 2 aliphatic heterocycles. The number of nitrogens with one attached hydrogen (secondary N) is 1. The van der Waals surface area contributed by atoms with Crippen molar-refractivity contribution in [3.05, 3.63) is 47.0 Å². The van der Waals surface area contributed by atoms with E-state index in [1.54, 1.807) is 6.20 Å². The third kappa shape index (κ3) is 4.26. The van der Waals surface area contributed by atoms with Gasteiger partial charge in [0.05, 0.1) is 16.8 Å². The molecule has 5 N–H and O–H groups in total. The number of nitrogens with zero attached hydrogens (tertiary/aromatic N) is 4. The zero-order valence-corrected chi connectivity index (χ0v) is 19.8. The molecule has 9 nitrogen and oxygen atoms in total. The molecule has 0 spiro atoms. The third-order valence-electron chi connectivity index (χ3n) is 6.55. The molecule has 4 heterocycles. The third-order valence-corrected chi connectivity index (χ3v) is 7.68. The molecule has 0 atom stereocenters. The topological polar surface area (TPSA) is 121 Å². The molecule has 178 valence electrons. The summed E-state index contributed by atoms with van der Waals surface area (Å²) in [7, 11) is 0. The van der Waals surface area contributed by atoms with Crippen molar-refractivity contribution in [3.8, 4) is 0 Å². The highest BCUT2D eigenvalue weighted by Crippen LogP contribution is 2.38. The first-order valence-corrected chi connectivity index (χ1v) is 12.4. The van der Waals surface area contributed by atoms with Crippen LogP contribution in [-0.2, 0) is 0 Å². The second kappa shape index (κ2) is 9.47. The van der Waals surface area contributed by atoms with Gasteiger partial charge in [-0.2, -0.15) is 0 Å². The lowest BCUT2D eigenvalue weighted by Gasteiger charge is -2.28. The number of thiophene rings is 1. The van der Waals surface area contributed by atoms with Gasteiger partial charge in [-0.15, -0.1) is 11.3 Å². The first-order chi connectivity index (χ1) is 16.5. The van der Waals surface area contributed by atoms with E-state index in [2.05, 4.69) is 20.1 Å². The Morgan fingerprint density at radius 1 is 0.941 bits per heavy atom. The molecule has 2 fully saturated rings. The maximum atomic E-state index is 12.8. The number of nitrogen functional groups attached to an aromatic ring is 1. The minimum atomic E-state index is -0.521. The molecule has 1 aromatic carbocycles. The number of primary amides is 1. The summed E-state index contributed by atoms with van der Waals surface area (Å²) in [4.78, 5) is 36.6. The standard InChI is InChI=1S/C24H29N7O2S/c25-20-19-18(6-7-28-23(19)34-21(20)22(26)32)30-11-1-10-29(14-15-30)17-4-2-16(3-5-17)24(33)31-12-8-27-9-13-31/h2-7,27H,1,8-15,25H2,(H2,26,32). The van der Waals surface area contributed by atoms with E-state index in [-0.39, 0.29) is 5.91 Å². The van der Waals surface area contributed by atoms with Crippen LogP contribution < -0.4 is 26.6 Å². The predicted molar refractivity (Wildman–Crippen MR) is 137 cm³/mol. The highest BCUT2D eigenvalue weighted by atomic mass is 32.1. The lowest BCUT2D eigenvalue weighted by Crippen LogP contribution is -2.46.